The van der Waals surface area contributed by atoms with Crippen molar-refractivity contribution in [3.8, 4) is 5.75 Å². The van der Waals surface area contributed by atoms with Gasteiger partial charge in [-0.05, 0) is 30.2 Å². The molecule has 11 heteroatoms. The van der Waals surface area contributed by atoms with E-state index in [1.807, 2.05) is 0 Å². The van der Waals surface area contributed by atoms with Crippen LogP contribution in [-0.4, -0.2) is 55.3 Å². The Kier molecular flexibility index (Phi) is 6.70. The van der Waals surface area contributed by atoms with E-state index in [9.17, 15) is 14.2 Å². The molecule has 1 fully saturated rings. The van der Waals surface area contributed by atoms with Gasteiger partial charge in [0.15, 0.2) is 0 Å². The maximum absolute atomic E-state index is 12.7. The number of hydrogen-bond acceptors (Lipinski definition) is 8. The van der Waals surface area contributed by atoms with E-state index in [0.29, 0.717) is 11.5 Å². The van der Waals surface area contributed by atoms with Crippen molar-refractivity contribution in [2.75, 3.05) is 27.1 Å². The predicted molar refractivity (Wildman–Crippen MR) is 107 cm³/mol. The van der Waals surface area contributed by atoms with Gasteiger partial charge in [-0.2, -0.15) is 0 Å². The van der Waals surface area contributed by atoms with Crippen LogP contribution in [0.25, 0.3) is 0 Å². The van der Waals surface area contributed by atoms with Crippen molar-refractivity contribution < 1.29 is 32.7 Å². The quantitative estimate of drug-likeness (QED) is 0.369. The number of benzene rings is 1. The van der Waals surface area contributed by atoms with Crippen LogP contribution in [0.15, 0.2) is 35.5 Å². The minimum absolute atomic E-state index is 0.0731. The molecule has 0 aromatic heterocycles. The molecule has 1 saturated heterocycles. The Balaban J connectivity index is 1.68. The third-order valence-corrected chi connectivity index (χ3v) is 7.64. The fourth-order valence-corrected chi connectivity index (χ4v) is 5.38. The van der Waals surface area contributed by atoms with Crippen LogP contribution in [0.1, 0.15) is 12.5 Å². The standard InChI is InChI=1S/C18H23N2O7PS/c1-11-10-29-17-14(19-28(23,25-3)26-4)16(21)20(17)15(11)18(22)27-9-12-5-7-13(24-2)8-6-12/h5-8,14,17H,9-10H2,1-4H3,(H,19,23). The van der Waals surface area contributed by atoms with Crippen LogP contribution >= 0.6 is 19.5 Å². The zero-order chi connectivity index (χ0) is 21.2. The second kappa shape index (κ2) is 8.89. The summed E-state index contributed by atoms with van der Waals surface area (Å²) < 4.78 is 32.5. The average Bonchev–Trinajstić information content (AvgIpc) is 2.75. The molecule has 0 saturated carbocycles. The van der Waals surface area contributed by atoms with Crippen LogP contribution in [0.2, 0.25) is 0 Å². The molecule has 158 valence electrons. The Bertz CT molecular complexity index is 865. The molecule has 0 radical (unpaired) electrons. The van der Waals surface area contributed by atoms with E-state index >= 15 is 0 Å². The number of carbonyl (C=O) groups is 2. The topological polar surface area (TPSA) is 103 Å². The zero-order valence-electron chi connectivity index (χ0n) is 16.5. The summed E-state index contributed by atoms with van der Waals surface area (Å²) in [5.74, 6) is 0.299. The summed E-state index contributed by atoms with van der Waals surface area (Å²) in [7, 11) is 0.469. The van der Waals surface area contributed by atoms with Crippen molar-refractivity contribution in [3.05, 3.63) is 41.1 Å². The Morgan fingerprint density at radius 2 is 1.90 bits per heavy atom. The molecule has 2 unspecified atom stereocenters. The van der Waals surface area contributed by atoms with Gasteiger partial charge in [0.1, 0.15) is 29.5 Å². The molecule has 0 aliphatic carbocycles. The summed E-state index contributed by atoms with van der Waals surface area (Å²) >= 11 is 1.47. The molecule has 2 heterocycles. The number of methoxy groups -OCH3 is 1. The van der Waals surface area contributed by atoms with E-state index in [0.717, 1.165) is 11.1 Å². The molecule has 2 atom stereocenters. The summed E-state index contributed by atoms with van der Waals surface area (Å²) in [6.45, 7) is 1.86. The first-order valence-electron chi connectivity index (χ1n) is 8.77. The zero-order valence-corrected chi connectivity index (χ0v) is 18.2. The number of β-lactam (4-membered cyclic amide) rings is 1. The third kappa shape index (κ3) is 4.36. The second-order valence-corrected chi connectivity index (χ2v) is 9.52. The van der Waals surface area contributed by atoms with E-state index in [4.69, 9.17) is 18.5 Å². The van der Waals surface area contributed by atoms with Crippen LogP contribution < -0.4 is 9.82 Å². The van der Waals surface area contributed by atoms with Gasteiger partial charge in [0.25, 0.3) is 0 Å². The lowest BCUT2D eigenvalue weighted by Gasteiger charge is -2.49. The molecular formula is C18H23N2O7PS. The van der Waals surface area contributed by atoms with Crippen molar-refractivity contribution in [1.82, 2.24) is 9.99 Å². The van der Waals surface area contributed by atoms with Gasteiger partial charge in [0.05, 0.1) is 7.11 Å². The number of thioether (sulfide) groups is 1. The minimum atomic E-state index is -3.58. The number of nitrogens with zero attached hydrogens (tertiary/aromatic N) is 1. The lowest BCUT2D eigenvalue weighted by Crippen LogP contribution is -2.69. The van der Waals surface area contributed by atoms with Crippen LogP contribution in [0.4, 0.5) is 0 Å². The largest absolute Gasteiger partial charge is 0.497 e. The molecular weight excluding hydrogens is 419 g/mol. The molecule has 1 aromatic carbocycles. The molecule has 9 nitrogen and oxygen atoms in total. The Hall–Kier alpha value is -1.84. The molecule has 2 aliphatic rings. The van der Waals surface area contributed by atoms with Gasteiger partial charge in [0, 0.05) is 20.0 Å². The van der Waals surface area contributed by atoms with Gasteiger partial charge < -0.3 is 18.5 Å². The number of fused-ring (bicyclic) bond motifs is 1. The summed E-state index contributed by atoms with van der Waals surface area (Å²) in [5, 5.41) is 2.24. The summed E-state index contributed by atoms with van der Waals surface area (Å²) in [6, 6.07) is 6.38. The number of hydrogen-bond donors (Lipinski definition) is 1. The highest BCUT2D eigenvalue weighted by atomic mass is 32.2. The fourth-order valence-electron chi connectivity index (χ4n) is 3.04. The molecule has 1 aromatic rings. The van der Waals surface area contributed by atoms with Crippen molar-refractivity contribution in [1.29, 1.82) is 0 Å². The lowest BCUT2D eigenvalue weighted by atomic mass is 10.0. The molecule has 1 N–H and O–H groups in total. The first-order chi connectivity index (χ1) is 13.8. The van der Waals surface area contributed by atoms with Crippen LogP contribution in [0.5, 0.6) is 5.75 Å². The van der Waals surface area contributed by atoms with Gasteiger partial charge >= 0.3 is 13.7 Å². The van der Waals surface area contributed by atoms with Gasteiger partial charge in [-0.1, -0.05) is 12.1 Å². The van der Waals surface area contributed by atoms with Gasteiger partial charge in [-0.3, -0.25) is 9.69 Å². The Morgan fingerprint density at radius 3 is 2.48 bits per heavy atom. The van der Waals surface area contributed by atoms with Gasteiger partial charge in [-0.25, -0.2) is 14.4 Å². The van der Waals surface area contributed by atoms with Gasteiger partial charge in [-0.15, -0.1) is 11.8 Å². The first kappa shape index (κ1) is 21.9. The number of amides is 1. The average molecular weight is 442 g/mol. The van der Waals surface area contributed by atoms with Crippen molar-refractivity contribution in [3.63, 3.8) is 0 Å². The van der Waals surface area contributed by atoms with E-state index in [1.165, 1.54) is 30.9 Å². The highest BCUT2D eigenvalue weighted by Crippen LogP contribution is 2.48. The van der Waals surface area contributed by atoms with Crippen LogP contribution in [0.3, 0.4) is 0 Å². The van der Waals surface area contributed by atoms with E-state index < -0.39 is 25.1 Å². The number of nitrogens with one attached hydrogen (secondary N) is 1. The predicted octanol–water partition coefficient (Wildman–Crippen LogP) is 2.29. The van der Waals surface area contributed by atoms with E-state index in [2.05, 4.69) is 5.09 Å². The molecule has 3 rings (SSSR count). The number of carbonyl (C=O) groups excluding carboxylic acids is 2. The molecule has 1 amide bonds. The summed E-state index contributed by atoms with van der Waals surface area (Å²) in [4.78, 5) is 26.8. The maximum Gasteiger partial charge on any atom is 0.405 e. The smallest absolute Gasteiger partial charge is 0.405 e. The number of esters is 1. The monoisotopic (exact) mass is 442 g/mol. The van der Waals surface area contributed by atoms with E-state index in [-0.39, 0.29) is 18.2 Å². The van der Waals surface area contributed by atoms with Crippen molar-refractivity contribution in [2.24, 2.45) is 0 Å². The molecule has 29 heavy (non-hydrogen) atoms. The number of rotatable bonds is 8. The Labute approximate surface area is 173 Å². The van der Waals surface area contributed by atoms with Crippen LogP contribution in [0, 0.1) is 0 Å². The highest BCUT2D eigenvalue weighted by molar-refractivity contribution is 8.00. The van der Waals surface area contributed by atoms with Crippen molar-refractivity contribution >= 4 is 31.4 Å². The lowest BCUT2D eigenvalue weighted by molar-refractivity contribution is -0.152. The molecule has 0 spiro atoms. The normalized spacial score (nSPS) is 21.5. The second-order valence-electron chi connectivity index (χ2n) is 6.43. The summed E-state index contributed by atoms with van der Waals surface area (Å²) in [6.07, 6.45) is 0. The maximum atomic E-state index is 12.7. The molecule has 2 aliphatic heterocycles. The van der Waals surface area contributed by atoms with Crippen molar-refractivity contribution in [2.45, 2.75) is 24.9 Å². The van der Waals surface area contributed by atoms with Crippen LogP contribution in [-0.2, 0) is 34.5 Å². The first-order valence-corrected chi connectivity index (χ1v) is 11.4. The SMILES string of the molecule is COc1ccc(COC(=O)C2=C(C)CSC3C(NP(=O)(OC)OC)C(=O)N23)cc1. The van der Waals surface area contributed by atoms with Gasteiger partial charge in [0.2, 0.25) is 5.91 Å². The Morgan fingerprint density at radius 1 is 1.24 bits per heavy atom. The fraction of sp³-hybridized carbons (Fsp3) is 0.444. The third-order valence-electron chi connectivity index (χ3n) is 4.66. The van der Waals surface area contributed by atoms with E-state index in [1.54, 1.807) is 38.3 Å². The highest BCUT2D eigenvalue weighted by Gasteiger charge is 2.55. The molecule has 0 bridgehead atoms. The summed E-state index contributed by atoms with van der Waals surface area (Å²) in [5.41, 5.74) is 1.78. The minimum Gasteiger partial charge on any atom is -0.497 e. The number of ether oxygens (including phenoxy) is 2.